The van der Waals surface area contributed by atoms with Crippen LogP contribution in [0.1, 0.15) is 59.8 Å². The third kappa shape index (κ3) is 2.03. The SMILES string of the molecule is CC[C@@]1(O)[C@@H](C)CC2[C@@H]3CCC4=CC(=N)C=C[C@]4(C)C3C(O)C[C@@]21C. The second-order valence-corrected chi connectivity index (χ2v) is 9.68. The maximum absolute atomic E-state index is 11.5. The molecule has 138 valence electrons. The molecule has 0 amide bonds. The van der Waals surface area contributed by atoms with Crippen molar-refractivity contribution in [3.8, 4) is 0 Å². The molecule has 0 heterocycles. The number of nitrogens with one attached hydrogen (secondary N) is 1. The Hall–Kier alpha value is -0.930. The van der Waals surface area contributed by atoms with Gasteiger partial charge in [0.2, 0.25) is 0 Å². The van der Waals surface area contributed by atoms with E-state index in [0.717, 1.165) is 25.7 Å². The zero-order chi connectivity index (χ0) is 18.2. The molecule has 3 fully saturated rings. The fourth-order valence-corrected chi connectivity index (χ4v) is 7.52. The quantitative estimate of drug-likeness (QED) is 0.671. The van der Waals surface area contributed by atoms with Gasteiger partial charge in [-0.1, -0.05) is 39.3 Å². The van der Waals surface area contributed by atoms with E-state index in [-0.39, 0.29) is 22.9 Å². The van der Waals surface area contributed by atoms with Crippen LogP contribution in [-0.2, 0) is 0 Å². The largest absolute Gasteiger partial charge is 0.393 e. The first-order chi connectivity index (χ1) is 11.7. The lowest BCUT2D eigenvalue weighted by atomic mass is 9.46. The van der Waals surface area contributed by atoms with E-state index >= 15 is 0 Å². The number of hydrogen-bond acceptors (Lipinski definition) is 3. The summed E-state index contributed by atoms with van der Waals surface area (Å²) in [5, 5.41) is 30.7. The number of aliphatic hydroxyl groups excluding tert-OH is 1. The molecular formula is C22H33NO2. The van der Waals surface area contributed by atoms with Crippen LogP contribution in [0.4, 0.5) is 0 Å². The Balaban J connectivity index is 1.77. The van der Waals surface area contributed by atoms with Gasteiger partial charge in [0.1, 0.15) is 0 Å². The average molecular weight is 344 g/mol. The number of fused-ring (bicyclic) bond motifs is 5. The van der Waals surface area contributed by atoms with Crippen LogP contribution in [0.2, 0.25) is 0 Å². The molecule has 4 aliphatic carbocycles. The Kier molecular flexibility index (Phi) is 3.70. The van der Waals surface area contributed by atoms with E-state index in [1.807, 2.05) is 12.2 Å². The summed E-state index contributed by atoms with van der Waals surface area (Å²) in [7, 11) is 0. The normalized spacial score (nSPS) is 54.6. The third-order valence-corrected chi connectivity index (χ3v) is 8.87. The highest BCUT2D eigenvalue weighted by atomic mass is 16.3. The fourth-order valence-electron chi connectivity index (χ4n) is 7.52. The van der Waals surface area contributed by atoms with Gasteiger partial charge >= 0.3 is 0 Å². The second-order valence-electron chi connectivity index (χ2n) is 9.68. The fraction of sp³-hybridized carbons (Fsp3) is 0.773. The van der Waals surface area contributed by atoms with E-state index in [0.29, 0.717) is 29.9 Å². The van der Waals surface area contributed by atoms with Crippen molar-refractivity contribution in [3.05, 3.63) is 23.8 Å². The minimum atomic E-state index is -0.662. The van der Waals surface area contributed by atoms with Crippen LogP contribution in [0.5, 0.6) is 0 Å². The van der Waals surface area contributed by atoms with Crippen molar-refractivity contribution in [2.75, 3.05) is 0 Å². The molecule has 0 radical (unpaired) electrons. The van der Waals surface area contributed by atoms with Crippen molar-refractivity contribution < 1.29 is 10.2 Å². The standard InChI is InChI=1S/C22H33NO2/c1-5-22(25)13(2)10-17-16-7-6-14-11-15(23)8-9-20(14,3)19(16)18(24)12-21(17,22)4/h8-9,11,13,16-19,23-25H,5-7,10,12H2,1-4H3/t13-,16-,17?,18?,19?,20-,21-,22+/m0/s1. The lowest BCUT2D eigenvalue weighted by Gasteiger charge is -2.60. The number of hydrogen-bond donors (Lipinski definition) is 3. The summed E-state index contributed by atoms with van der Waals surface area (Å²) >= 11 is 0. The van der Waals surface area contributed by atoms with E-state index in [1.165, 1.54) is 5.57 Å². The van der Waals surface area contributed by atoms with Crippen molar-refractivity contribution in [1.82, 2.24) is 0 Å². The molecule has 3 nitrogen and oxygen atoms in total. The highest BCUT2D eigenvalue weighted by Gasteiger charge is 2.67. The van der Waals surface area contributed by atoms with Crippen LogP contribution in [-0.4, -0.2) is 27.6 Å². The summed E-state index contributed by atoms with van der Waals surface area (Å²) in [6, 6.07) is 0. The molecule has 0 aliphatic heterocycles. The molecule has 25 heavy (non-hydrogen) atoms. The first-order valence-corrected chi connectivity index (χ1v) is 10.1. The molecule has 0 aromatic carbocycles. The number of aliphatic hydroxyl groups is 2. The first kappa shape index (κ1) is 17.5. The van der Waals surface area contributed by atoms with Crippen LogP contribution >= 0.6 is 0 Å². The summed E-state index contributed by atoms with van der Waals surface area (Å²) in [5.74, 6) is 1.43. The minimum absolute atomic E-state index is 0.135. The monoisotopic (exact) mass is 343 g/mol. The van der Waals surface area contributed by atoms with Crippen molar-refractivity contribution in [2.24, 2.45) is 34.5 Å². The van der Waals surface area contributed by atoms with Gasteiger partial charge in [0, 0.05) is 16.7 Å². The van der Waals surface area contributed by atoms with Gasteiger partial charge in [-0.05, 0) is 62.0 Å². The Morgan fingerprint density at radius 3 is 2.72 bits per heavy atom. The average Bonchev–Trinajstić information content (AvgIpc) is 2.76. The molecule has 0 spiro atoms. The zero-order valence-corrected chi connectivity index (χ0v) is 16.0. The highest BCUT2D eigenvalue weighted by molar-refractivity contribution is 6.03. The highest BCUT2D eigenvalue weighted by Crippen LogP contribution is 2.68. The van der Waals surface area contributed by atoms with Gasteiger partial charge in [-0.15, -0.1) is 0 Å². The Morgan fingerprint density at radius 1 is 1.32 bits per heavy atom. The molecule has 0 aromatic heterocycles. The summed E-state index contributed by atoms with van der Waals surface area (Å²) < 4.78 is 0. The van der Waals surface area contributed by atoms with E-state index in [1.54, 1.807) is 0 Å². The predicted molar refractivity (Wildman–Crippen MR) is 101 cm³/mol. The smallest absolute Gasteiger partial charge is 0.0727 e. The maximum atomic E-state index is 11.5. The molecule has 0 bridgehead atoms. The van der Waals surface area contributed by atoms with Crippen LogP contribution in [0.25, 0.3) is 0 Å². The summed E-state index contributed by atoms with van der Waals surface area (Å²) in [6.45, 7) is 8.80. The van der Waals surface area contributed by atoms with E-state index in [4.69, 9.17) is 5.41 Å². The molecule has 8 atom stereocenters. The van der Waals surface area contributed by atoms with Gasteiger partial charge in [0.25, 0.3) is 0 Å². The Bertz CT molecular complexity index is 667. The van der Waals surface area contributed by atoms with Gasteiger partial charge < -0.3 is 15.6 Å². The van der Waals surface area contributed by atoms with Crippen LogP contribution in [0, 0.1) is 39.9 Å². The molecule has 3 saturated carbocycles. The molecule has 3 N–H and O–H groups in total. The summed E-state index contributed by atoms with van der Waals surface area (Å²) in [5.41, 5.74) is 0.913. The zero-order valence-electron chi connectivity index (χ0n) is 16.0. The van der Waals surface area contributed by atoms with Gasteiger partial charge in [0.15, 0.2) is 0 Å². The van der Waals surface area contributed by atoms with E-state index in [9.17, 15) is 10.2 Å². The van der Waals surface area contributed by atoms with Crippen LogP contribution < -0.4 is 0 Å². The van der Waals surface area contributed by atoms with Gasteiger partial charge in [0.05, 0.1) is 17.4 Å². The lowest BCUT2D eigenvalue weighted by Crippen LogP contribution is -2.59. The maximum Gasteiger partial charge on any atom is 0.0727 e. The van der Waals surface area contributed by atoms with Crippen molar-refractivity contribution >= 4 is 5.71 Å². The molecule has 4 aliphatic rings. The molecular weight excluding hydrogens is 310 g/mol. The van der Waals surface area contributed by atoms with Crippen LogP contribution in [0.15, 0.2) is 23.8 Å². The summed E-state index contributed by atoms with van der Waals surface area (Å²) in [4.78, 5) is 0. The first-order valence-electron chi connectivity index (χ1n) is 10.1. The minimum Gasteiger partial charge on any atom is -0.393 e. The molecule has 0 saturated heterocycles. The number of rotatable bonds is 1. The Labute approximate surface area is 151 Å². The van der Waals surface area contributed by atoms with Crippen LogP contribution in [0.3, 0.4) is 0 Å². The van der Waals surface area contributed by atoms with Gasteiger partial charge in [-0.3, -0.25) is 0 Å². The van der Waals surface area contributed by atoms with E-state index in [2.05, 4.69) is 33.8 Å². The summed E-state index contributed by atoms with van der Waals surface area (Å²) in [6.07, 6.45) is 10.4. The van der Waals surface area contributed by atoms with Gasteiger partial charge in [-0.25, -0.2) is 0 Å². The Morgan fingerprint density at radius 2 is 2.04 bits per heavy atom. The molecule has 3 unspecified atom stereocenters. The third-order valence-electron chi connectivity index (χ3n) is 8.87. The molecule has 0 aromatic rings. The predicted octanol–water partition coefficient (Wildman–Crippen LogP) is 4.10. The van der Waals surface area contributed by atoms with Crippen molar-refractivity contribution in [3.63, 3.8) is 0 Å². The van der Waals surface area contributed by atoms with Gasteiger partial charge in [-0.2, -0.15) is 0 Å². The number of allylic oxidation sites excluding steroid dienone is 4. The van der Waals surface area contributed by atoms with Crippen molar-refractivity contribution in [1.29, 1.82) is 5.41 Å². The molecule has 4 rings (SSSR count). The topological polar surface area (TPSA) is 64.3 Å². The van der Waals surface area contributed by atoms with E-state index < -0.39 is 5.60 Å². The second kappa shape index (κ2) is 5.29. The van der Waals surface area contributed by atoms with Crippen molar-refractivity contribution in [2.45, 2.75) is 71.5 Å². The molecule has 3 heteroatoms. The lowest BCUT2D eigenvalue weighted by molar-refractivity contribution is -0.171.